The summed E-state index contributed by atoms with van der Waals surface area (Å²) in [7, 11) is 1.60. The van der Waals surface area contributed by atoms with Crippen LogP contribution in [0.4, 0.5) is 0 Å². The molecule has 0 saturated carbocycles. The zero-order valence-corrected chi connectivity index (χ0v) is 15.6. The summed E-state index contributed by atoms with van der Waals surface area (Å²) < 4.78 is 9.70. The number of ether oxygens (including phenoxy) is 1. The average molecular weight is 372 g/mol. The number of carbonyl (C=O) groups is 2. The molecule has 2 aromatic rings. The first-order chi connectivity index (χ1) is 13.1. The zero-order chi connectivity index (χ0) is 19.2. The maximum atomic E-state index is 13.0. The molecule has 0 unspecified atom stereocenters. The van der Waals surface area contributed by atoms with Gasteiger partial charge in [-0.15, -0.1) is 0 Å². The van der Waals surface area contributed by atoms with Crippen molar-refractivity contribution in [3.63, 3.8) is 0 Å². The molecule has 1 aromatic carbocycles. The number of rotatable bonds is 6. The number of amides is 2. The molecule has 2 heterocycles. The van der Waals surface area contributed by atoms with Gasteiger partial charge in [-0.2, -0.15) is 4.98 Å². The minimum atomic E-state index is -0.194. The Labute approximate surface area is 157 Å². The number of hydrogen-bond acceptors (Lipinski definition) is 6. The first-order valence-electron chi connectivity index (χ1n) is 9.04. The van der Waals surface area contributed by atoms with Gasteiger partial charge in [-0.25, -0.2) is 0 Å². The summed E-state index contributed by atoms with van der Waals surface area (Å²) in [5.74, 6) is 0.189. The highest BCUT2D eigenvalue weighted by atomic mass is 16.5. The van der Waals surface area contributed by atoms with Gasteiger partial charge in [0.05, 0.1) is 12.5 Å². The van der Waals surface area contributed by atoms with Gasteiger partial charge in [0.1, 0.15) is 0 Å². The van der Waals surface area contributed by atoms with E-state index in [-0.39, 0.29) is 23.8 Å². The summed E-state index contributed by atoms with van der Waals surface area (Å²) in [4.78, 5) is 31.1. The van der Waals surface area contributed by atoms with E-state index in [1.54, 1.807) is 36.3 Å². The van der Waals surface area contributed by atoms with Crippen molar-refractivity contribution in [3.05, 3.63) is 36.2 Å². The molecule has 1 aliphatic heterocycles. The van der Waals surface area contributed by atoms with Crippen LogP contribution in [-0.2, 0) is 9.53 Å². The number of methoxy groups -OCH3 is 1. The van der Waals surface area contributed by atoms with Gasteiger partial charge in [0, 0.05) is 37.4 Å². The second-order valence-corrected chi connectivity index (χ2v) is 6.70. The fourth-order valence-electron chi connectivity index (χ4n) is 3.25. The highest BCUT2D eigenvalue weighted by Gasteiger charge is 2.32. The molecule has 8 nitrogen and oxygen atoms in total. The van der Waals surface area contributed by atoms with Crippen molar-refractivity contribution in [1.29, 1.82) is 0 Å². The van der Waals surface area contributed by atoms with Crippen LogP contribution in [0.15, 0.2) is 35.2 Å². The smallest absolute Gasteiger partial charge is 0.254 e. The average Bonchev–Trinajstić information content (AvgIpc) is 3.23. The summed E-state index contributed by atoms with van der Waals surface area (Å²) >= 11 is 0. The molecular formula is C19H24N4O4. The first kappa shape index (κ1) is 19.0. The third-order valence-corrected chi connectivity index (χ3v) is 4.87. The Morgan fingerprint density at radius 3 is 2.74 bits per heavy atom. The van der Waals surface area contributed by atoms with E-state index in [0.29, 0.717) is 31.1 Å². The Hall–Kier alpha value is -2.74. The lowest BCUT2D eigenvalue weighted by atomic mass is 9.92. The highest BCUT2D eigenvalue weighted by Crippen LogP contribution is 2.25. The maximum absolute atomic E-state index is 13.0. The third kappa shape index (κ3) is 4.51. The molecule has 0 radical (unpaired) electrons. The predicted molar refractivity (Wildman–Crippen MR) is 97.8 cm³/mol. The van der Waals surface area contributed by atoms with Crippen LogP contribution in [0.1, 0.15) is 30.1 Å². The summed E-state index contributed by atoms with van der Waals surface area (Å²) in [6.45, 7) is 3.40. The molecule has 1 fully saturated rings. The Kier molecular flexibility index (Phi) is 6.18. The number of nitrogens with zero attached hydrogens (tertiary/aromatic N) is 3. The standard InChI is InChI=1S/C19H24N4O4/c1-13-3-4-16(18(24)20-9-10-26-2)11-23(13)19(25)15-7-5-14(6-8-15)17-21-12-27-22-17/h5-8,12-13,16H,3-4,9-11H2,1-2H3,(H,20,24)/t13-,16+/m0/s1. The molecule has 3 rings (SSSR count). The summed E-state index contributed by atoms with van der Waals surface area (Å²) in [5.41, 5.74) is 1.36. The zero-order valence-electron chi connectivity index (χ0n) is 15.6. The minimum Gasteiger partial charge on any atom is -0.383 e. The molecule has 2 amide bonds. The van der Waals surface area contributed by atoms with E-state index in [4.69, 9.17) is 9.26 Å². The molecule has 1 aliphatic rings. The lowest BCUT2D eigenvalue weighted by Gasteiger charge is -2.37. The number of carbonyl (C=O) groups excluding carboxylic acids is 2. The van der Waals surface area contributed by atoms with Gasteiger partial charge in [-0.05, 0) is 31.9 Å². The molecule has 0 bridgehead atoms. The molecule has 2 atom stereocenters. The summed E-state index contributed by atoms with van der Waals surface area (Å²) in [5, 5.41) is 6.65. The van der Waals surface area contributed by atoms with Crippen LogP contribution in [0.3, 0.4) is 0 Å². The van der Waals surface area contributed by atoms with E-state index >= 15 is 0 Å². The Morgan fingerprint density at radius 1 is 1.30 bits per heavy atom. The fraction of sp³-hybridized carbons (Fsp3) is 0.474. The van der Waals surface area contributed by atoms with Gasteiger partial charge in [-0.3, -0.25) is 9.59 Å². The van der Waals surface area contributed by atoms with Crippen LogP contribution >= 0.6 is 0 Å². The van der Waals surface area contributed by atoms with Crippen LogP contribution in [0.2, 0.25) is 0 Å². The van der Waals surface area contributed by atoms with E-state index in [0.717, 1.165) is 18.4 Å². The molecule has 0 aliphatic carbocycles. The van der Waals surface area contributed by atoms with E-state index < -0.39 is 0 Å². The van der Waals surface area contributed by atoms with Gasteiger partial charge >= 0.3 is 0 Å². The van der Waals surface area contributed by atoms with Crippen LogP contribution in [0.25, 0.3) is 11.4 Å². The number of likely N-dealkylation sites (tertiary alicyclic amines) is 1. The van der Waals surface area contributed by atoms with Crippen LogP contribution in [0.5, 0.6) is 0 Å². The van der Waals surface area contributed by atoms with Gasteiger partial charge in [0.2, 0.25) is 18.1 Å². The normalized spacial score (nSPS) is 19.7. The Morgan fingerprint density at radius 2 is 2.07 bits per heavy atom. The highest BCUT2D eigenvalue weighted by molar-refractivity contribution is 5.95. The van der Waals surface area contributed by atoms with Gasteiger partial charge in [0.15, 0.2) is 0 Å². The van der Waals surface area contributed by atoms with Crippen molar-refractivity contribution >= 4 is 11.8 Å². The molecule has 0 spiro atoms. The molecule has 1 saturated heterocycles. The molecule has 144 valence electrons. The molecule has 1 N–H and O–H groups in total. The van der Waals surface area contributed by atoms with Crippen molar-refractivity contribution in [1.82, 2.24) is 20.4 Å². The van der Waals surface area contributed by atoms with Crippen LogP contribution in [-0.4, -0.2) is 59.7 Å². The molecule has 8 heteroatoms. The van der Waals surface area contributed by atoms with Crippen molar-refractivity contribution < 1.29 is 18.8 Å². The Bertz CT molecular complexity index is 761. The first-order valence-corrected chi connectivity index (χ1v) is 9.04. The lowest BCUT2D eigenvalue weighted by molar-refractivity contribution is -0.126. The lowest BCUT2D eigenvalue weighted by Crippen LogP contribution is -2.49. The van der Waals surface area contributed by atoms with Gasteiger partial charge in [0.25, 0.3) is 5.91 Å². The monoisotopic (exact) mass is 372 g/mol. The van der Waals surface area contributed by atoms with Gasteiger partial charge < -0.3 is 19.5 Å². The number of hydrogen-bond donors (Lipinski definition) is 1. The topological polar surface area (TPSA) is 97.6 Å². The number of nitrogens with one attached hydrogen (secondary N) is 1. The molecule has 27 heavy (non-hydrogen) atoms. The fourth-order valence-corrected chi connectivity index (χ4v) is 3.25. The van der Waals surface area contributed by atoms with Crippen molar-refractivity contribution in [2.75, 3.05) is 26.8 Å². The van der Waals surface area contributed by atoms with Crippen molar-refractivity contribution in [2.45, 2.75) is 25.8 Å². The van der Waals surface area contributed by atoms with E-state index in [1.807, 2.05) is 6.92 Å². The van der Waals surface area contributed by atoms with Crippen molar-refractivity contribution in [2.24, 2.45) is 5.92 Å². The second-order valence-electron chi connectivity index (χ2n) is 6.70. The summed E-state index contributed by atoms with van der Waals surface area (Å²) in [6.07, 6.45) is 2.84. The molecular weight excluding hydrogens is 348 g/mol. The molecule has 1 aromatic heterocycles. The van der Waals surface area contributed by atoms with Gasteiger partial charge in [-0.1, -0.05) is 17.3 Å². The minimum absolute atomic E-state index is 0.0239. The van der Waals surface area contributed by atoms with E-state index in [1.165, 1.54) is 6.39 Å². The van der Waals surface area contributed by atoms with E-state index in [2.05, 4.69) is 15.5 Å². The number of piperidine rings is 1. The SMILES string of the molecule is COCCNC(=O)[C@@H]1CC[C@H](C)N(C(=O)c2ccc(-c3ncon3)cc2)C1. The number of aromatic nitrogens is 2. The number of benzene rings is 1. The van der Waals surface area contributed by atoms with Crippen LogP contribution in [0, 0.1) is 5.92 Å². The van der Waals surface area contributed by atoms with E-state index in [9.17, 15) is 9.59 Å². The van der Waals surface area contributed by atoms with Crippen molar-refractivity contribution in [3.8, 4) is 11.4 Å². The summed E-state index contributed by atoms with van der Waals surface area (Å²) in [6, 6.07) is 7.19. The quantitative estimate of drug-likeness (QED) is 0.776. The van der Waals surface area contributed by atoms with Crippen LogP contribution < -0.4 is 5.32 Å². The third-order valence-electron chi connectivity index (χ3n) is 4.87. The largest absolute Gasteiger partial charge is 0.383 e. The Balaban J connectivity index is 1.66. The maximum Gasteiger partial charge on any atom is 0.254 e. The predicted octanol–water partition coefficient (Wildman–Crippen LogP) is 1.74. The second kappa shape index (κ2) is 8.77.